The van der Waals surface area contributed by atoms with Crippen molar-refractivity contribution in [3.05, 3.63) is 48.5 Å². The molecule has 0 saturated carbocycles. The lowest BCUT2D eigenvalue weighted by molar-refractivity contribution is -0.274. The molecular formula is C14H11F3N4O2. The van der Waals surface area contributed by atoms with Crippen LogP contribution in [0, 0.1) is 0 Å². The van der Waals surface area contributed by atoms with E-state index in [9.17, 15) is 13.2 Å². The molecule has 0 aliphatic rings. The summed E-state index contributed by atoms with van der Waals surface area (Å²) in [5.74, 6) is 0.532. The molecule has 0 bridgehead atoms. The average molecular weight is 324 g/mol. The molecule has 0 aliphatic heterocycles. The number of fused-ring (bicyclic) bond motifs is 1. The summed E-state index contributed by atoms with van der Waals surface area (Å²) < 4.78 is 47.4. The molecule has 9 heteroatoms. The Morgan fingerprint density at radius 2 is 1.74 bits per heavy atom. The van der Waals surface area contributed by atoms with Crippen LogP contribution in [0.2, 0.25) is 0 Å². The fourth-order valence-corrected chi connectivity index (χ4v) is 2.05. The third-order valence-corrected chi connectivity index (χ3v) is 3.00. The van der Waals surface area contributed by atoms with Gasteiger partial charge in [-0.2, -0.15) is 14.6 Å². The Hall–Kier alpha value is -2.84. The Kier molecular flexibility index (Phi) is 3.77. The zero-order valence-corrected chi connectivity index (χ0v) is 11.9. The minimum absolute atomic E-state index is 0.305. The second-order valence-corrected chi connectivity index (χ2v) is 4.62. The number of halogens is 3. The summed E-state index contributed by atoms with van der Waals surface area (Å²) in [5.41, 5.74) is 0.711. The smallest absolute Gasteiger partial charge is 0.484 e. The number of rotatable bonds is 4. The van der Waals surface area contributed by atoms with Crippen LogP contribution in [-0.4, -0.2) is 25.9 Å². The molecular weight excluding hydrogens is 313 g/mol. The van der Waals surface area contributed by atoms with Gasteiger partial charge in [-0.25, -0.2) is 4.98 Å². The van der Waals surface area contributed by atoms with E-state index in [1.165, 1.54) is 35.1 Å². The van der Waals surface area contributed by atoms with E-state index in [0.29, 0.717) is 17.2 Å². The van der Waals surface area contributed by atoms with E-state index in [0.717, 1.165) is 0 Å². The highest BCUT2D eigenvalue weighted by Gasteiger charge is 2.31. The summed E-state index contributed by atoms with van der Waals surface area (Å²) in [6, 6.07) is 6.91. The zero-order chi connectivity index (χ0) is 16.4. The number of nitrogens with zero attached hydrogens (tertiary/aromatic N) is 4. The van der Waals surface area contributed by atoms with Gasteiger partial charge in [0, 0.05) is 6.20 Å². The van der Waals surface area contributed by atoms with Crippen LogP contribution in [0.5, 0.6) is 11.5 Å². The lowest BCUT2D eigenvalue weighted by atomic mass is 10.2. The first-order chi connectivity index (χ1) is 10.9. The van der Waals surface area contributed by atoms with Crippen LogP contribution in [-0.2, 0) is 0 Å². The molecule has 0 spiro atoms. The third-order valence-electron chi connectivity index (χ3n) is 3.00. The molecule has 0 saturated heterocycles. The maximum atomic E-state index is 12.1. The fraction of sp³-hybridized carbons (Fsp3) is 0.214. The number of benzene rings is 1. The average Bonchev–Trinajstić information content (AvgIpc) is 2.96. The highest BCUT2D eigenvalue weighted by molar-refractivity contribution is 5.32. The van der Waals surface area contributed by atoms with Crippen molar-refractivity contribution in [3.8, 4) is 11.5 Å². The molecule has 0 N–H and O–H groups in total. The fourth-order valence-electron chi connectivity index (χ4n) is 2.05. The predicted octanol–water partition coefficient (Wildman–Crippen LogP) is 3.16. The van der Waals surface area contributed by atoms with Gasteiger partial charge < -0.3 is 9.47 Å². The van der Waals surface area contributed by atoms with Crippen LogP contribution in [0.4, 0.5) is 13.2 Å². The second-order valence-electron chi connectivity index (χ2n) is 4.62. The quantitative estimate of drug-likeness (QED) is 0.738. The van der Waals surface area contributed by atoms with Crippen molar-refractivity contribution in [3.63, 3.8) is 0 Å². The molecule has 3 rings (SSSR count). The monoisotopic (exact) mass is 324 g/mol. The summed E-state index contributed by atoms with van der Waals surface area (Å²) in [6.07, 6.45) is -2.16. The standard InChI is InChI=1S/C14H11F3N4O2/c1-9(12-6-7-18-13-19-8-20-21(12)13)22-10-2-4-11(5-3-10)23-14(15,16)17/h2-9H,1H3. The van der Waals surface area contributed by atoms with Gasteiger partial charge in [-0.15, -0.1) is 13.2 Å². The molecule has 0 aliphatic carbocycles. The minimum Gasteiger partial charge on any atom is -0.484 e. The lowest BCUT2D eigenvalue weighted by Gasteiger charge is -2.16. The highest BCUT2D eigenvalue weighted by Crippen LogP contribution is 2.27. The summed E-state index contributed by atoms with van der Waals surface area (Å²) in [6.45, 7) is 1.79. The third kappa shape index (κ3) is 3.50. The number of hydrogen-bond donors (Lipinski definition) is 0. The predicted molar refractivity (Wildman–Crippen MR) is 73.0 cm³/mol. The van der Waals surface area contributed by atoms with Gasteiger partial charge in [-0.05, 0) is 37.3 Å². The van der Waals surface area contributed by atoms with Crippen molar-refractivity contribution < 1.29 is 22.6 Å². The van der Waals surface area contributed by atoms with Crippen LogP contribution in [0.25, 0.3) is 5.78 Å². The molecule has 1 atom stereocenters. The molecule has 6 nitrogen and oxygen atoms in total. The van der Waals surface area contributed by atoms with Crippen LogP contribution >= 0.6 is 0 Å². The summed E-state index contributed by atoms with van der Waals surface area (Å²) in [4.78, 5) is 8.02. The van der Waals surface area contributed by atoms with Crippen LogP contribution < -0.4 is 9.47 Å². The minimum atomic E-state index is -4.72. The van der Waals surface area contributed by atoms with E-state index in [1.807, 2.05) is 0 Å². The van der Waals surface area contributed by atoms with Crippen molar-refractivity contribution in [1.29, 1.82) is 0 Å². The van der Waals surface area contributed by atoms with Crippen LogP contribution in [0.1, 0.15) is 18.7 Å². The first kappa shape index (κ1) is 15.1. The highest BCUT2D eigenvalue weighted by atomic mass is 19.4. The van der Waals surface area contributed by atoms with Gasteiger partial charge in [0.25, 0.3) is 5.78 Å². The second kappa shape index (κ2) is 5.75. The number of alkyl halides is 3. The van der Waals surface area contributed by atoms with E-state index in [-0.39, 0.29) is 5.75 Å². The van der Waals surface area contributed by atoms with E-state index in [2.05, 4.69) is 19.8 Å². The molecule has 2 aromatic heterocycles. The molecule has 120 valence electrons. The van der Waals surface area contributed by atoms with E-state index < -0.39 is 12.5 Å². The SMILES string of the molecule is CC(Oc1ccc(OC(F)(F)F)cc1)c1ccnc2ncnn12. The Morgan fingerprint density at radius 1 is 1.04 bits per heavy atom. The maximum Gasteiger partial charge on any atom is 0.573 e. The van der Waals surface area contributed by atoms with Crippen molar-refractivity contribution >= 4 is 5.78 Å². The Morgan fingerprint density at radius 3 is 2.43 bits per heavy atom. The molecule has 0 amide bonds. The summed E-state index contributed by atoms with van der Waals surface area (Å²) >= 11 is 0. The van der Waals surface area contributed by atoms with Crippen LogP contribution in [0.15, 0.2) is 42.9 Å². The summed E-state index contributed by atoms with van der Waals surface area (Å²) in [5, 5.41) is 4.05. The van der Waals surface area contributed by atoms with E-state index in [4.69, 9.17) is 4.74 Å². The Bertz CT molecular complexity index is 802. The van der Waals surface area contributed by atoms with Crippen molar-refractivity contribution in [2.24, 2.45) is 0 Å². The molecule has 0 fully saturated rings. The van der Waals surface area contributed by atoms with Crippen molar-refractivity contribution in [2.45, 2.75) is 19.4 Å². The first-order valence-electron chi connectivity index (χ1n) is 6.59. The molecule has 2 heterocycles. The number of ether oxygens (including phenoxy) is 2. The molecule has 1 unspecified atom stereocenters. The molecule has 23 heavy (non-hydrogen) atoms. The van der Waals surface area contributed by atoms with E-state index in [1.54, 1.807) is 19.2 Å². The van der Waals surface area contributed by atoms with Gasteiger partial charge in [0.1, 0.15) is 23.9 Å². The zero-order valence-electron chi connectivity index (χ0n) is 11.9. The number of aromatic nitrogens is 4. The summed E-state index contributed by atoms with van der Waals surface area (Å²) in [7, 11) is 0. The van der Waals surface area contributed by atoms with Crippen molar-refractivity contribution in [2.75, 3.05) is 0 Å². The van der Waals surface area contributed by atoms with Gasteiger partial charge in [-0.1, -0.05) is 0 Å². The van der Waals surface area contributed by atoms with Crippen LogP contribution in [0.3, 0.4) is 0 Å². The normalized spacial score (nSPS) is 13.0. The van der Waals surface area contributed by atoms with Crippen molar-refractivity contribution in [1.82, 2.24) is 19.6 Å². The van der Waals surface area contributed by atoms with Gasteiger partial charge >= 0.3 is 6.36 Å². The molecule has 0 radical (unpaired) electrons. The lowest BCUT2D eigenvalue weighted by Crippen LogP contribution is -2.17. The topological polar surface area (TPSA) is 61.5 Å². The number of hydrogen-bond acceptors (Lipinski definition) is 5. The maximum absolute atomic E-state index is 12.1. The Labute approximate surface area is 128 Å². The largest absolute Gasteiger partial charge is 0.573 e. The molecule has 1 aromatic carbocycles. The van der Waals surface area contributed by atoms with Gasteiger partial charge in [-0.3, -0.25) is 0 Å². The van der Waals surface area contributed by atoms with Gasteiger partial charge in [0.05, 0.1) is 5.69 Å². The van der Waals surface area contributed by atoms with Gasteiger partial charge in [0.15, 0.2) is 0 Å². The van der Waals surface area contributed by atoms with E-state index >= 15 is 0 Å². The van der Waals surface area contributed by atoms with Gasteiger partial charge in [0.2, 0.25) is 0 Å². The molecule has 3 aromatic rings. The Balaban J connectivity index is 1.75. The first-order valence-corrected chi connectivity index (χ1v) is 6.59.